The summed E-state index contributed by atoms with van der Waals surface area (Å²) in [5.41, 5.74) is 6.75. The lowest BCUT2D eigenvalue weighted by Gasteiger charge is -2.24. The number of nitrogens with zero attached hydrogens (tertiary/aromatic N) is 2. The van der Waals surface area contributed by atoms with Crippen molar-refractivity contribution in [3.8, 4) is 5.75 Å². The number of carbonyl (C=O) groups excluding carboxylic acids is 1. The van der Waals surface area contributed by atoms with E-state index in [2.05, 4.69) is 4.99 Å². The molecule has 2 rings (SSSR count). The van der Waals surface area contributed by atoms with Crippen molar-refractivity contribution in [3.05, 3.63) is 29.8 Å². The summed E-state index contributed by atoms with van der Waals surface area (Å²) in [6, 6.07) is 7.00. The zero-order valence-electron chi connectivity index (χ0n) is 10.6. The summed E-state index contributed by atoms with van der Waals surface area (Å²) in [6.45, 7) is 4.96. The smallest absolute Gasteiger partial charge is 0.346 e. The second-order valence-corrected chi connectivity index (χ2v) is 3.98. The third-order valence-electron chi connectivity index (χ3n) is 2.92. The summed E-state index contributed by atoms with van der Waals surface area (Å²) >= 11 is 0. The maximum absolute atomic E-state index is 11.7. The number of urea groups is 1. The Morgan fingerprint density at radius 1 is 1.39 bits per heavy atom. The SMILES string of the molecule is CCOc1ccccc1C1C(N)=NC(=O)N1CC. The number of aliphatic imine (C=N–C) groups is 1. The van der Waals surface area contributed by atoms with Crippen molar-refractivity contribution >= 4 is 11.9 Å². The van der Waals surface area contributed by atoms with Gasteiger partial charge in [0.15, 0.2) is 0 Å². The maximum atomic E-state index is 11.7. The zero-order chi connectivity index (χ0) is 13.1. The summed E-state index contributed by atoms with van der Waals surface area (Å²) in [4.78, 5) is 17.1. The average Bonchev–Trinajstić information content (AvgIpc) is 2.64. The molecule has 18 heavy (non-hydrogen) atoms. The van der Waals surface area contributed by atoms with Crippen molar-refractivity contribution in [1.82, 2.24) is 4.90 Å². The van der Waals surface area contributed by atoms with Crippen LogP contribution in [0.1, 0.15) is 25.5 Å². The minimum absolute atomic E-state index is 0.286. The molecule has 1 heterocycles. The fourth-order valence-corrected chi connectivity index (χ4v) is 2.14. The minimum Gasteiger partial charge on any atom is -0.494 e. The van der Waals surface area contributed by atoms with Gasteiger partial charge >= 0.3 is 6.03 Å². The summed E-state index contributed by atoms with van der Waals surface area (Å²) in [5, 5.41) is 0. The summed E-state index contributed by atoms with van der Waals surface area (Å²) < 4.78 is 5.58. The van der Waals surface area contributed by atoms with E-state index in [9.17, 15) is 4.79 Å². The molecule has 0 aromatic heterocycles. The quantitative estimate of drug-likeness (QED) is 0.884. The third kappa shape index (κ3) is 2.03. The molecule has 0 radical (unpaired) electrons. The van der Waals surface area contributed by atoms with E-state index in [0.717, 1.165) is 11.3 Å². The molecule has 2 N–H and O–H groups in total. The number of amidine groups is 1. The molecule has 1 aromatic rings. The van der Waals surface area contributed by atoms with Crippen LogP contribution in [0.25, 0.3) is 0 Å². The van der Waals surface area contributed by atoms with Crippen LogP contribution in [0, 0.1) is 0 Å². The van der Waals surface area contributed by atoms with Gasteiger partial charge in [0.2, 0.25) is 0 Å². The highest BCUT2D eigenvalue weighted by Crippen LogP contribution is 2.32. The summed E-state index contributed by atoms with van der Waals surface area (Å²) in [6.07, 6.45) is 0. The molecule has 0 fully saturated rings. The highest BCUT2D eigenvalue weighted by molar-refractivity contribution is 6.03. The van der Waals surface area contributed by atoms with Gasteiger partial charge in [0.1, 0.15) is 17.6 Å². The first-order valence-corrected chi connectivity index (χ1v) is 6.05. The van der Waals surface area contributed by atoms with Gasteiger partial charge in [-0.2, -0.15) is 4.99 Å². The Kier molecular flexibility index (Phi) is 3.50. The van der Waals surface area contributed by atoms with Crippen LogP contribution in [-0.4, -0.2) is 29.9 Å². The van der Waals surface area contributed by atoms with Crippen LogP contribution in [0.2, 0.25) is 0 Å². The number of rotatable bonds is 4. The molecule has 5 nitrogen and oxygen atoms in total. The van der Waals surface area contributed by atoms with Crippen LogP contribution in [-0.2, 0) is 0 Å². The maximum Gasteiger partial charge on any atom is 0.346 e. The van der Waals surface area contributed by atoms with Crippen molar-refractivity contribution in [2.45, 2.75) is 19.9 Å². The first-order valence-electron chi connectivity index (χ1n) is 6.05. The molecule has 0 spiro atoms. The average molecular weight is 247 g/mol. The lowest BCUT2D eigenvalue weighted by atomic mass is 10.0. The standard InChI is InChI=1S/C13H17N3O2/c1-3-16-11(12(14)15-13(16)17)9-7-5-6-8-10(9)18-4-2/h5-8,11H,3-4H2,1-2H3,(H2,14,15,17). The van der Waals surface area contributed by atoms with Gasteiger partial charge < -0.3 is 15.4 Å². The molecule has 0 aliphatic carbocycles. The van der Waals surface area contributed by atoms with E-state index < -0.39 is 0 Å². The van der Waals surface area contributed by atoms with E-state index in [-0.39, 0.29) is 12.1 Å². The Hall–Kier alpha value is -2.04. The Morgan fingerprint density at radius 3 is 2.78 bits per heavy atom. The van der Waals surface area contributed by atoms with Gasteiger partial charge in [-0.1, -0.05) is 18.2 Å². The Bertz CT molecular complexity index is 485. The summed E-state index contributed by atoms with van der Waals surface area (Å²) in [5.74, 6) is 1.07. The molecular formula is C13H17N3O2. The zero-order valence-corrected chi connectivity index (χ0v) is 10.6. The van der Waals surface area contributed by atoms with Crippen molar-refractivity contribution in [2.24, 2.45) is 10.7 Å². The Balaban J connectivity index is 2.41. The molecule has 5 heteroatoms. The fraction of sp³-hybridized carbons (Fsp3) is 0.385. The lowest BCUT2D eigenvalue weighted by Crippen LogP contribution is -2.33. The minimum atomic E-state index is -0.315. The highest BCUT2D eigenvalue weighted by atomic mass is 16.5. The Labute approximate surface area is 106 Å². The molecule has 1 unspecified atom stereocenters. The molecule has 1 atom stereocenters. The van der Waals surface area contributed by atoms with E-state index in [0.29, 0.717) is 19.0 Å². The van der Waals surface area contributed by atoms with Gasteiger partial charge in [0.05, 0.1) is 6.61 Å². The normalized spacial score (nSPS) is 19.0. The lowest BCUT2D eigenvalue weighted by molar-refractivity contribution is 0.208. The van der Waals surface area contributed by atoms with Crippen LogP contribution in [0.3, 0.4) is 0 Å². The van der Waals surface area contributed by atoms with Crippen LogP contribution in [0.4, 0.5) is 4.79 Å². The third-order valence-corrected chi connectivity index (χ3v) is 2.92. The monoisotopic (exact) mass is 247 g/mol. The van der Waals surface area contributed by atoms with Crippen molar-refractivity contribution in [2.75, 3.05) is 13.2 Å². The second-order valence-electron chi connectivity index (χ2n) is 3.98. The van der Waals surface area contributed by atoms with E-state index in [4.69, 9.17) is 10.5 Å². The van der Waals surface area contributed by atoms with Gasteiger partial charge in [0.25, 0.3) is 0 Å². The van der Waals surface area contributed by atoms with Crippen molar-refractivity contribution in [1.29, 1.82) is 0 Å². The second kappa shape index (κ2) is 5.08. The first kappa shape index (κ1) is 12.4. The molecule has 96 valence electrons. The molecular weight excluding hydrogens is 230 g/mol. The number of ether oxygens (including phenoxy) is 1. The van der Waals surface area contributed by atoms with Gasteiger partial charge in [-0.15, -0.1) is 0 Å². The molecule has 2 amide bonds. The molecule has 0 saturated carbocycles. The van der Waals surface area contributed by atoms with Gasteiger partial charge in [-0.3, -0.25) is 0 Å². The predicted molar refractivity (Wildman–Crippen MR) is 69.8 cm³/mol. The number of carbonyl (C=O) groups is 1. The summed E-state index contributed by atoms with van der Waals surface area (Å²) in [7, 11) is 0. The van der Waals surface area contributed by atoms with E-state index in [1.54, 1.807) is 4.90 Å². The molecule has 1 aliphatic rings. The molecule has 0 saturated heterocycles. The van der Waals surface area contributed by atoms with Gasteiger partial charge in [0, 0.05) is 12.1 Å². The van der Waals surface area contributed by atoms with E-state index >= 15 is 0 Å². The fourth-order valence-electron chi connectivity index (χ4n) is 2.14. The van der Waals surface area contributed by atoms with Crippen LogP contribution in [0.5, 0.6) is 5.75 Å². The number of benzene rings is 1. The van der Waals surface area contributed by atoms with E-state index in [1.165, 1.54) is 0 Å². The van der Waals surface area contributed by atoms with Crippen molar-refractivity contribution < 1.29 is 9.53 Å². The number of amides is 2. The highest BCUT2D eigenvalue weighted by Gasteiger charge is 2.34. The molecule has 1 aliphatic heterocycles. The number of likely N-dealkylation sites (N-methyl/N-ethyl adjacent to an activating group) is 1. The largest absolute Gasteiger partial charge is 0.494 e. The van der Waals surface area contributed by atoms with Crippen LogP contribution < -0.4 is 10.5 Å². The Morgan fingerprint density at radius 2 is 2.11 bits per heavy atom. The molecule has 0 bridgehead atoms. The van der Waals surface area contributed by atoms with Crippen molar-refractivity contribution in [3.63, 3.8) is 0 Å². The van der Waals surface area contributed by atoms with Gasteiger partial charge in [-0.05, 0) is 19.9 Å². The number of nitrogens with two attached hydrogens (primary N) is 1. The van der Waals surface area contributed by atoms with E-state index in [1.807, 2.05) is 38.1 Å². The predicted octanol–water partition coefficient (Wildman–Crippen LogP) is 1.94. The number of para-hydroxylation sites is 1. The molecule has 1 aromatic carbocycles. The van der Waals surface area contributed by atoms with Crippen LogP contribution in [0.15, 0.2) is 29.3 Å². The number of hydrogen-bond donors (Lipinski definition) is 1. The topological polar surface area (TPSA) is 67.9 Å². The number of hydrogen-bond acceptors (Lipinski definition) is 3. The van der Waals surface area contributed by atoms with Crippen LogP contribution >= 0.6 is 0 Å². The van der Waals surface area contributed by atoms with Gasteiger partial charge in [-0.25, -0.2) is 4.79 Å². The first-order chi connectivity index (χ1) is 8.69.